The lowest BCUT2D eigenvalue weighted by atomic mass is 9.78. The number of nitrogens with zero attached hydrogens (tertiary/aromatic N) is 3. The molecule has 1 aromatic carbocycles. The Kier molecular flexibility index (Phi) is 8.24. The average Bonchev–Trinajstić information content (AvgIpc) is 3.26. The van der Waals surface area contributed by atoms with Crippen LogP contribution in [0.4, 0.5) is 5.69 Å². The molecule has 4 heterocycles. The molecule has 3 amide bonds. The van der Waals surface area contributed by atoms with Gasteiger partial charge in [0.1, 0.15) is 6.04 Å². The molecule has 2 saturated heterocycles. The molecule has 8 heteroatoms. The molecule has 1 spiro atoms. The molecule has 0 saturated carbocycles. The van der Waals surface area contributed by atoms with Crippen LogP contribution in [-0.2, 0) is 14.4 Å². The number of rotatable bonds is 9. The van der Waals surface area contributed by atoms with Crippen molar-refractivity contribution >= 4 is 35.2 Å². The number of aliphatic hydroxyl groups is 1. The number of anilines is 1. The van der Waals surface area contributed by atoms with Crippen molar-refractivity contribution in [1.29, 1.82) is 0 Å². The highest BCUT2D eigenvalue weighted by molar-refractivity contribution is 8.02. The summed E-state index contributed by atoms with van der Waals surface area (Å²) in [6, 6.07) is 8.36. The molecular formula is C31H41N3O4S. The highest BCUT2D eigenvalue weighted by atomic mass is 32.2. The first-order valence-corrected chi connectivity index (χ1v) is 15.4. The third-order valence-electron chi connectivity index (χ3n) is 9.12. The molecule has 4 aliphatic heterocycles. The van der Waals surface area contributed by atoms with Crippen LogP contribution in [0.5, 0.6) is 0 Å². The fraction of sp³-hybridized carbons (Fsp3) is 0.581. The first-order valence-electron chi connectivity index (χ1n) is 14.5. The van der Waals surface area contributed by atoms with Crippen LogP contribution in [0.1, 0.15) is 46.5 Å². The number of carbonyl (C=O) groups is 3. The molecule has 7 nitrogen and oxygen atoms in total. The molecule has 1 aromatic rings. The van der Waals surface area contributed by atoms with E-state index in [-0.39, 0.29) is 35.5 Å². The Bertz CT molecular complexity index is 1140. The van der Waals surface area contributed by atoms with Gasteiger partial charge in [-0.25, -0.2) is 0 Å². The van der Waals surface area contributed by atoms with Crippen LogP contribution in [0.3, 0.4) is 0 Å². The number of benzene rings is 1. The summed E-state index contributed by atoms with van der Waals surface area (Å²) < 4.78 is -0.858. The van der Waals surface area contributed by atoms with Crippen LogP contribution in [0.15, 0.2) is 54.6 Å². The van der Waals surface area contributed by atoms with E-state index in [1.807, 2.05) is 61.2 Å². The molecule has 1 unspecified atom stereocenters. The zero-order chi connectivity index (χ0) is 27.7. The van der Waals surface area contributed by atoms with E-state index in [0.29, 0.717) is 19.6 Å². The average molecular weight is 552 g/mol. The van der Waals surface area contributed by atoms with Gasteiger partial charge in [-0.3, -0.25) is 14.4 Å². The van der Waals surface area contributed by atoms with Crippen LogP contribution in [-0.4, -0.2) is 80.9 Å². The smallest absolute Gasteiger partial charge is 0.247 e. The fourth-order valence-corrected chi connectivity index (χ4v) is 8.88. The number of para-hydroxylation sites is 1. The molecule has 1 N–H and O–H groups in total. The number of amides is 3. The van der Waals surface area contributed by atoms with Crippen LogP contribution in [0, 0.1) is 17.8 Å². The summed E-state index contributed by atoms with van der Waals surface area (Å²) in [7, 11) is 0. The Balaban J connectivity index is 1.59. The molecule has 210 valence electrons. The summed E-state index contributed by atoms with van der Waals surface area (Å²) in [6.07, 6.45) is 12.0. The van der Waals surface area contributed by atoms with Gasteiger partial charge in [0, 0.05) is 30.6 Å². The second-order valence-electron chi connectivity index (χ2n) is 11.3. The number of aliphatic hydroxyl groups excluding tert-OH is 1. The van der Waals surface area contributed by atoms with Gasteiger partial charge in [-0.05, 0) is 24.5 Å². The Morgan fingerprint density at radius 2 is 1.79 bits per heavy atom. The number of fused-ring (bicyclic) bond motifs is 2. The summed E-state index contributed by atoms with van der Waals surface area (Å²) in [5.74, 6) is -1.57. The van der Waals surface area contributed by atoms with Gasteiger partial charge in [0.25, 0.3) is 0 Å². The van der Waals surface area contributed by atoms with Gasteiger partial charge in [-0.1, -0.05) is 82.5 Å². The maximum absolute atomic E-state index is 14.6. The Hall–Kier alpha value is -2.58. The quantitative estimate of drug-likeness (QED) is 0.372. The largest absolute Gasteiger partial charge is 0.394 e. The van der Waals surface area contributed by atoms with Crippen molar-refractivity contribution in [3.63, 3.8) is 0 Å². The Morgan fingerprint density at radius 1 is 1.03 bits per heavy atom. The van der Waals surface area contributed by atoms with Crippen LogP contribution in [0.25, 0.3) is 0 Å². The predicted molar refractivity (Wildman–Crippen MR) is 155 cm³/mol. The van der Waals surface area contributed by atoms with Gasteiger partial charge in [0.15, 0.2) is 0 Å². The van der Waals surface area contributed by atoms with Crippen molar-refractivity contribution in [3.8, 4) is 0 Å². The number of likely N-dealkylation sites (tertiary alicyclic amines) is 1. The maximum atomic E-state index is 14.6. The third kappa shape index (κ3) is 4.63. The number of hydrogen-bond donors (Lipinski definition) is 1. The van der Waals surface area contributed by atoms with E-state index in [4.69, 9.17) is 0 Å². The molecule has 0 aliphatic carbocycles. The zero-order valence-corrected chi connectivity index (χ0v) is 24.1. The molecular weight excluding hydrogens is 510 g/mol. The van der Waals surface area contributed by atoms with Crippen molar-refractivity contribution in [2.75, 3.05) is 31.1 Å². The van der Waals surface area contributed by atoms with E-state index in [2.05, 4.69) is 19.1 Å². The van der Waals surface area contributed by atoms with Gasteiger partial charge in [0.05, 0.1) is 29.2 Å². The third-order valence-corrected chi connectivity index (χ3v) is 10.9. The lowest BCUT2D eigenvalue weighted by Gasteiger charge is -2.40. The zero-order valence-electron chi connectivity index (χ0n) is 23.2. The summed E-state index contributed by atoms with van der Waals surface area (Å²) in [5, 5.41) is 10.3. The van der Waals surface area contributed by atoms with Crippen molar-refractivity contribution in [2.24, 2.45) is 17.8 Å². The number of carbonyl (C=O) groups excluding carboxylic acids is 3. The molecule has 0 radical (unpaired) electrons. The van der Waals surface area contributed by atoms with Crippen LogP contribution < -0.4 is 4.90 Å². The van der Waals surface area contributed by atoms with E-state index < -0.39 is 28.7 Å². The lowest BCUT2D eigenvalue weighted by Crippen LogP contribution is -2.57. The lowest BCUT2D eigenvalue weighted by molar-refractivity contribution is -0.146. The van der Waals surface area contributed by atoms with E-state index in [1.165, 1.54) is 0 Å². The van der Waals surface area contributed by atoms with E-state index in [1.54, 1.807) is 21.6 Å². The summed E-state index contributed by atoms with van der Waals surface area (Å²) >= 11 is 1.60. The molecule has 7 atom stereocenters. The number of unbranched alkanes of at least 4 members (excludes halogenated alkanes) is 2. The van der Waals surface area contributed by atoms with Crippen molar-refractivity contribution in [1.82, 2.24) is 9.80 Å². The van der Waals surface area contributed by atoms with Gasteiger partial charge in [0.2, 0.25) is 17.7 Å². The minimum Gasteiger partial charge on any atom is -0.394 e. The van der Waals surface area contributed by atoms with Gasteiger partial charge < -0.3 is 19.8 Å². The van der Waals surface area contributed by atoms with Gasteiger partial charge in [-0.15, -0.1) is 11.8 Å². The summed E-state index contributed by atoms with van der Waals surface area (Å²) in [6.45, 7) is 7.58. The number of hydrogen-bond acceptors (Lipinski definition) is 5. The second-order valence-corrected chi connectivity index (χ2v) is 12.8. The molecule has 0 bridgehead atoms. The Morgan fingerprint density at radius 3 is 2.49 bits per heavy atom. The van der Waals surface area contributed by atoms with Crippen molar-refractivity contribution in [2.45, 2.75) is 68.5 Å². The minimum absolute atomic E-state index is 0.00902. The normalized spacial score (nSPS) is 31.6. The van der Waals surface area contributed by atoms with Gasteiger partial charge >= 0.3 is 0 Å². The monoisotopic (exact) mass is 551 g/mol. The van der Waals surface area contributed by atoms with Crippen LogP contribution in [0.2, 0.25) is 0 Å². The SMILES string of the molecule is CCCCCN1CC=C[C@]23S[C@H]4C=CCN(c5ccccc5)C(=O)[C@H]4[C@H]2C(=O)N([C@@H](CO)[C@@H](C)CC)C3C1=O. The molecule has 0 aromatic heterocycles. The predicted octanol–water partition coefficient (Wildman–Crippen LogP) is 3.88. The Labute approximate surface area is 236 Å². The number of thioether (sulfide) groups is 1. The van der Waals surface area contributed by atoms with Gasteiger partial charge in [-0.2, -0.15) is 0 Å². The first kappa shape index (κ1) is 28.0. The van der Waals surface area contributed by atoms with E-state index in [9.17, 15) is 19.5 Å². The van der Waals surface area contributed by atoms with Crippen molar-refractivity contribution in [3.05, 3.63) is 54.6 Å². The van der Waals surface area contributed by atoms with Crippen molar-refractivity contribution < 1.29 is 19.5 Å². The first-order chi connectivity index (χ1) is 18.9. The molecule has 5 rings (SSSR count). The topological polar surface area (TPSA) is 81.2 Å². The molecule has 4 aliphatic rings. The fourth-order valence-electron chi connectivity index (χ4n) is 6.89. The maximum Gasteiger partial charge on any atom is 0.247 e. The second kappa shape index (κ2) is 11.5. The van der Waals surface area contributed by atoms with E-state index in [0.717, 1.165) is 31.4 Å². The highest BCUT2D eigenvalue weighted by Crippen LogP contribution is 2.61. The molecule has 2 fully saturated rings. The van der Waals surface area contributed by atoms with E-state index >= 15 is 0 Å². The summed E-state index contributed by atoms with van der Waals surface area (Å²) in [5.41, 5.74) is 0.806. The van der Waals surface area contributed by atoms with Crippen LogP contribution >= 0.6 is 11.8 Å². The standard InChI is InChI=1S/C31H41N3O4S/c1-4-6-10-17-32-18-12-16-31-26(29(37)34(27(31)30(32)38)23(20-35)21(3)5-2)25-24(39-31)15-11-19-33(28(25)36)22-13-8-7-9-14-22/h7-9,11-16,21,23-27,35H,4-6,10,17-20H2,1-3H3/t21-,23-,24-,25+,26-,27?,31-/m0/s1. The minimum atomic E-state index is -0.858. The summed E-state index contributed by atoms with van der Waals surface area (Å²) in [4.78, 5) is 48.5. The molecule has 39 heavy (non-hydrogen) atoms. The highest BCUT2D eigenvalue weighted by Gasteiger charge is 2.72.